The van der Waals surface area contributed by atoms with E-state index in [1.165, 1.54) is 6.54 Å². The van der Waals surface area contributed by atoms with Gasteiger partial charge in [0.1, 0.15) is 0 Å². The number of nitrogens with one attached hydrogen (secondary N) is 2. The van der Waals surface area contributed by atoms with Gasteiger partial charge < -0.3 is 25.0 Å². The summed E-state index contributed by atoms with van der Waals surface area (Å²) < 4.78 is 11.0. The number of likely N-dealkylation sites (tertiary alicyclic amines) is 1. The Hall–Kier alpha value is -1.95. The number of benzene rings is 1. The summed E-state index contributed by atoms with van der Waals surface area (Å²) in [6, 6.07) is 6.50. The van der Waals surface area contributed by atoms with E-state index in [0.717, 1.165) is 54.9 Å². The van der Waals surface area contributed by atoms with Gasteiger partial charge in [0.2, 0.25) is 0 Å². The standard InChI is InChI=1S/C21H36N4O2/c1-6-27-20-13-17(7-8-19(20)26-5)14-23-21(22-4)24-18-9-11-25(12-10-18)15-16(2)3/h7-8,13,16,18H,6,9-12,14-15H2,1-5H3,(H2,22,23,24). The highest BCUT2D eigenvalue weighted by Crippen LogP contribution is 2.27. The van der Waals surface area contributed by atoms with Crippen LogP contribution in [0.4, 0.5) is 0 Å². The quantitative estimate of drug-likeness (QED) is 0.540. The van der Waals surface area contributed by atoms with Crippen LogP contribution in [0.15, 0.2) is 23.2 Å². The van der Waals surface area contributed by atoms with Gasteiger partial charge in [0, 0.05) is 39.3 Å². The lowest BCUT2D eigenvalue weighted by Gasteiger charge is -2.34. The van der Waals surface area contributed by atoms with Crippen LogP contribution in [0.2, 0.25) is 0 Å². The van der Waals surface area contributed by atoms with Crippen LogP contribution in [0.3, 0.4) is 0 Å². The van der Waals surface area contributed by atoms with Gasteiger partial charge in [-0.25, -0.2) is 0 Å². The van der Waals surface area contributed by atoms with E-state index < -0.39 is 0 Å². The zero-order chi connectivity index (χ0) is 19.6. The first kappa shape index (κ1) is 21.4. The van der Waals surface area contributed by atoms with Gasteiger partial charge in [-0.05, 0) is 43.4 Å². The molecule has 1 fully saturated rings. The zero-order valence-corrected chi connectivity index (χ0v) is 17.5. The molecule has 6 nitrogen and oxygen atoms in total. The fraction of sp³-hybridized carbons (Fsp3) is 0.667. The Morgan fingerprint density at radius 3 is 2.59 bits per heavy atom. The van der Waals surface area contributed by atoms with E-state index in [1.54, 1.807) is 7.11 Å². The second-order valence-corrected chi connectivity index (χ2v) is 7.46. The molecule has 0 saturated carbocycles. The average Bonchev–Trinajstić information content (AvgIpc) is 2.66. The molecule has 6 heteroatoms. The fourth-order valence-electron chi connectivity index (χ4n) is 3.45. The summed E-state index contributed by atoms with van der Waals surface area (Å²) in [6.07, 6.45) is 2.31. The second-order valence-electron chi connectivity index (χ2n) is 7.46. The summed E-state index contributed by atoms with van der Waals surface area (Å²) in [4.78, 5) is 6.94. The van der Waals surface area contributed by atoms with E-state index in [9.17, 15) is 0 Å². The molecular weight excluding hydrogens is 340 g/mol. The zero-order valence-electron chi connectivity index (χ0n) is 17.5. The maximum absolute atomic E-state index is 5.66. The molecule has 0 atom stereocenters. The SMILES string of the molecule is CCOc1cc(CNC(=NC)NC2CCN(CC(C)C)CC2)ccc1OC. The van der Waals surface area contributed by atoms with Gasteiger partial charge in [-0.15, -0.1) is 0 Å². The predicted molar refractivity (Wildman–Crippen MR) is 112 cm³/mol. The summed E-state index contributed by atoms with van der Waals surface area (Å²) >= 11 is 0. The van der Waals surface area contributed by atoms with Crippen LogP contribution in [0.25, 0.3) is 0 Å². The van der Waals surface area contributed by atoms with Crippen molar-refractivity contribution in [2.24, 2.45) is 10.9 Å². The Morgan fingerprint density at radius 2 is 2.00 bits per heavy atom. The third-order valence-corrected chi connectivity index (χ3v) is 4.76. The number of hydrogen-bond acceptors (Lipinski definition) is 4. The minimum atomic E-state index is 0.481. The van der Waals surface area contributed by atoms with Crippen molar-refractivity contribution < 1.29 is 9.47 Å². The summed E-state index contributed by atoms with van der Waals surface area (Å²) in [6.45, 7) is 11.4. The third kappa shape index (κ3) is 6.94. The first-order valence-corrected chi connectivity index (χ1v) is 10.0. The number of piperidine rings is 1. The lowest BCUT2D eigenvalue weighted by atomic mass is 10.0. The lowest BCUT2D eigenvalue weighted by Crippen LogP contribution is -2.48. The number of methoxy groups -OCH3 is 1. The summed E-state index contributed by atoms with van der Waals surface area (Å²) in [5, 5.41) is 6.98. The smallest absolute Gasteiger partial charge is 0.191 e. The molecule has 1 aromatic rings. The van der Waals surface area contributed by atoms with Gasteiger partial charge in [0.25, 0.3) is 0 Å². The maximum atomic E-state index is 5.66. The molecule has 1 aliphatic rings. The first-order valence-electron chi connectivity index (χ1n) is 10.0. The van der Waals surface area contributed by atoms with Gasteiger partial charge in [-0.1, -0.05) is 19.9 Å². The number of rotatable bonds is 8. The molecule has 0 amide bonds. The number of aliphatic imine (C=N–C) groups is 1. The molecule has 0 unspecified atom stereocenters. The van der Waals surface area contributed by atoms with Gasteiger partial charge in [-0.2, -0.15) is 0 Å². The van der Waals surface area contributed by atoms with E-state index in [0.29, 0.717) is 19.2 Å². The van der Waals surface area contributed by atoms with Crippen LogP contribution in [0.1, 0.15) is 39.2 Å². The van der Waals surface area contributed by atoms with E-state index in [-0.39, 0.29) is 0 Å². The van der Waals surface area contributed by atoms with Crippen molar-refractivity contribution in [3.63, 3.8) is 0 Å². The van der Waals surface area contributed by atoms with Crippen molar-refractivity contribution in [1.82, 2.24) is 15.5 Å². The van der Waals surface area contributed by atoms with Crippen molar-refractivity contribution in [1.29, 1.82) is 0 Å². The summed E-state index contributed by atoms with van der Waals surface area (Å²) in [7, 11) is 3.48. The molecule has 2 rings (SSSR count). The highest BCUT2D eigenvalue weighted by molar-refractivity contribution is 5.80. The Morgan fingerprint density at radius 1 is 1.26 bits per heavy atom. The van der Waals surface area contributed by atoms with E-state index >= 15 is 0 Å². The van der Waals surface area contributed by atoms with E-state index in [4.69, 9.17) is 9.47 Å². The molecule has 2 N–H and O–H groups in total. The van der Waals surface area contributed by atoms with Crippen LogP contribution in [0.5, 0.6) is 11.5 Å². The maximum Gasteiger partial charge on any atom is 0.191 e. The largest absolute Gasteiger partial charge is 0.493 e. The number of ether oxygens (including phenoxy) is 2. The van der Waals surface area contributed by atoms with Crippen molar-refractivity contribution in [3.05, 3.63) is 23.8 Å². The third-order valence-electron chi connectivity index (χ3n) is 4.76. The number of nitrogens with zero attached hydrogens (tertiary/aromatic N) is 2. The Labute approximate surface area is 164 Å². The minimum absolute atomic E-state index is 0.481. The van der Waals surface area contributed by atoms with Crippen LogP contribution in [-0.4, -0.2) is 57.3 Å². The monoisotopic (exact) mass is 376 g/mol. The lowest BCUT2D eigenvalue weighted by molar-refractivity contribution is 0.187. The van der Waals surface area contributed by atoms with E-state index in [2.05, 4.69) is 34.4 Å². The highest BCUT2D eigenvalue weighted by atomic mass is 16.5. The first-order chi connectivity index (χ1) is 13.0. The summed E-state index contributed by atoms with van der Waals surface area (Å²) in [5.41, 5.74) is 1.13. The van der Waals surface area contributed by atoms with Gasteiger partial charge in [0.05, 0.1) is 13.7 Å². The van der Waals surface area contributed by atoms with Crippen molar-refractivity contribution in [3.8, 4) is 11.5 Å². The molecule has 27 heavy (non-hydrogen) atoms. The minimum Gasteiger partial charge on any atom is -0.493 e. The summed E-state index contributed by atoms with van der Waals surface area (Å²) in [5.74, 6) is 3.12. The number of guanidine groups is 1. The molecule has 0 aromatic heterocycles. The molecule has 0 radical (unpaired) electrons. The fourth-order valence-corrected chi connectivity index (χ4v) is 3.45. The Balaban J connectivity index is 1.83. The highest BCUT2D eigenvalue weighted by Gasteiger charge is 2.20. The number of hydrogen-bond donors (Lipinski definition) is 2. The molecule has 1 aliphatic heterocycles. The van der Waals surface area contributed by atoms with Crippen LogP contribution in [0, 0.1) is 5.92 Å². The van der Waals surface area contributed by atoms with Crippen LogP contribution >= 0.6 is 0 Å². The molecule has 0 spiro atoms. The molecular formula is C21H36N4O2. The van der Waals surface area contributed by atoms with Gasteiger partial charge in [-0.3, -0.25) is 4.99 Å². The topological polar surface area (TPSA) is 58.1 Å². The molecule has 1 heterocycles. The molecule has 0 bridgehead atoms. The normalized spacial score (nSPS) is 16.4. The van der Waals surface area contributed by atoms with Crippen molar-refractivity contribution >= 4 is 5.96 Å². The van der Waals surface area contributed by atoms with Crippen LogP contribution < -0.4 is 20.1 Å². The van der Waals surface area contributed by atoms with Gasteiger partial charge in [0.15, 0.2) is 17.5 Å². The Kier molecular flexibility index (Phi) is 8.72. The van der Waals surface area contributed by atoms with Crippen molar-refractivity contribution in [2.75, 3.05) is 40.4 Å². The van der Waals surface area contributed by atoms with Gasteiger partial charge >= 0.3 is 0 Å². The molecule has 152 valence electrons. The average molecular weight is 377 g/mol. The molecule has 1 saturated heterocycles. The molecule has 1 aromatic carbocycles. The van der Waals surface area contributed by atoms with Crippen molar-refractivity contribution in [2.45, 2.75) is 46.2 Å². The molecule has 0 aliphatic carbocycles. The van der Waals surface area contributed by atoms with Crippen LogP contribution in [-0.2, 0) is 6.54 Å². The second kappa shape index (κ2) is 11.0. The Bertz CT molecular complexity index is 596. The predicted octanol–water partition coefficient (Wildman–Crippen LogP) is 2.88. The van der Waals surface area contributed by atoms with E-state index in [1.807, 2.05) is 32.2 Å².